The number of phenolic OH excluding ortho intramolecular Hbond substituents is 1. The molecule has 0 aliphatic rings. The molecule has 98 valence electrons. The van der Waals surface area contributed by atoms with Gasteiger partial charge in [-0.15, -0.1) is 0 Å². The van der Waals surface area contributed by atoms with E-state index in [4.69, 9.17) is 0 Å². The van der Waals surface area contributed by atoms with Gasteiger partial charge in [-0.1, -0.05) is 0 Å². The van der Waals surface area contributed by atoms with Gasteiger partial charge in [0.25, 0.3) is 0 Å². The molecule has 0 unspecified atom stereocenters. The van der Waals surface area contributed by atoms with Gasteiger partial charge in [0.2, 0.25) is 5.91 Å². The van der Waals surface area contributed by atoms with Crippen LogP contribution in [0.25, 0.3) is 0 Å². The highest BCUT2D eigenvalue weighted by Crippen LogP contribution is 2.20. The third-order valence-corrected chi connectivity index (χ3v) is 2.87. The van der Waals surface area contributed by atoms with Crippen molar-refractivity contribution in [1.82, 2.24) is 4.98 Å². The van der Waals surface area contributed by atoms with Crippen LogP contribution in [-0.4, -0.2) is 16.0 Å². The number of aryl methyl sites for hydroxylation is 2. The molecule has 1 aromatic heterocycles. The Morgan fingerprint density at radius 1 is 1.26 bits per heavy atom. The zero-order valence-corrected chi connectivity index (χ0v) is 10.8. The SMILES string of the molecule is Cc1cc(O)ccc1NC(=O)CCc1ccncc1. The summed E-state index contributed by atoms with van der Waals surface area (Å²) in [5.74, 6) is 0.165. The number of benzene rings is 1. The summed E-state index contributed by atoms with van der Waals surface area (Å²) in [7, 11) is 0. The highest BCUT2D eigenvalue weighted by Gasteiger charge is 2.05. The van der Waals surface area contributed by atoms with Gasteiger partial charge in [-0.05, 0) is 54.8 Å². The number of aromatic hydroxyl groups is 1. The van der Waals surface area contributed by atoms with Crippen molar-refractivity contribution in [2.24, 2.45) is 0 Å². The summed E-state index contributed by atoms with van der Waals surface area (Å²) >= 11 is 0. The molecular formula is C15H16N2O2. The van der Waals surface area contributed by atoms with E-state index in [0.29, 0.717) is 12.8 Å². The molecule has 0 saturated carbocycles. The summed E-state index contributed by atoms with van der Waals surface area (Å²) in [5.41, 5.74) is 2.67. The van der Waals surface area contributed by atoms with E-state index in [1.165, 1.54) is 0 Å². The second-order valence-electron chi connectivity index (χ2n) is 4.40. The van der Waals surface area contributed by atoms with E-state index in [9.17, 15) is 9.90 Å². The topological polar surface area (TPSA) is 62.2 Å². The molecule has 0 bridgehead atoms. The summed E-state index contributed by atoms with van der Waals surface area (Å²) in [4.78, 5) is 15.8. The molecule has 2 rings (SSSR count). The van der Waals surface area contributed by atoms with Gasteiger partial charge in [-0.25, -0.2) is 0 Å². The summed E-state index contributed by atoms with van der Waals surface area (Å²) in [5, 5.41) is 12.1. The quantitative estimate of drug-likeness (QED) is 0.827. The van der Waals surface area contributed by atoms with Gasteiger partial charge in [-0.3, -0.25) is 9.78 Å². The Morgan fingerprint density at radius 3 is 2.68 bits per heavy atom. The van der Waals surface area contributed by atoms with Crippen LogP contribution in [0, 0.1) is 6.92 Å². The molecule has 1 aromatic carbocycles. The van der Waals surface area contributed by atoms with Crippen LogP contribution in [0.1, 0.15) is 17.5 Å². The van der Waals surface area contributed by atoms with E-state index in [2.05, 4.69) is 10.3 Å². The van der Waals surface area contributed by atoms with Crippen molar-refractivity contribution in [3.8, 4) is 5.75 Å². The van der Waals surface area contributed by atoms with Crippen molar-refractivity contribution in [2.45, 2.75) is 19.8 Å². The van der Waals surface area contributed by atoms with Gasteiger partial charge < -0.3 is 10.4 Å². The van der Waals surface area contributed by atoms with E-state index >= 15 is 0 Å². The minimum absolute atomic E-state index is 0.0365. The molecule has 0 fully saturated rings. The molecule has 4 heteroatoms. The van der Waals surface area contributed by atoms with Crippen LogP contribution in [0.15, 0.2) is 42.7 Å². The van der Waals surface area contributed by atoms with Crippen LogP contribution < -0.4 is 5.32 Å². The number of rotatable bonds is 4. The molecule has 4 nitrogen and oxygen atoms in total. The van der Waals surface area contributed by atoms with E-state index in [1.807, 2.05) is 19.1 Å². The number of hydrogen-bond donors (Lipinski definition) is 2. The standard InChI is InChI=1S/C15H16N2O2/c1-11-10-13(18)3-4-14(11)17-15(19)5-2-12-6-8-16-9-7-12/h3-4,6-10,18H,2,5H2,1H3,(H,17,19). The van der Waals surface area contributed by atoms with Crippen LogP contribution in [0.2, 0.25) is 0 Å². The van der Waals surface area contributed by atoms with E-state index in [0.717, 1.165) is 16.8 Å². The number of carbonyl (C=O) groups is 1. The number of phenols is 1. The van der Waals surface area contributed by atoms with Gasteiger partial charge in [0, 0.05) is 24.5 Å². The van der Waals surface area contributed by atoms with E-state index in [1.54, 1.807) is 30.6 Å². The maximum absolute atomic E-state index is 11.8. The normalized spacial score (nSPS) is 10.2. The van der Waals surface area contributed by atoms with Gasteiger partial charge in [0.15, 0.2) is 0 Å². The second kappa shape index (κ2) is 6.00. The molecule has 1 heterocycles. The maximum Gasteiger partial charge on any atom is 0.224 e. The third kappa shape index (κ3) is 3.81. The molecule has 0 aliphatic carbocycles. The number of carbonyl (C=O) groups excluding carboxylic acids is 1. The fourth-order valence-electron chi connectivity index (χ4n) is 1.81. The van der Waals surface area contributed by atoms with Crippen molar-refractivity contribution >= 4 is 11.6 Å². The van der Waals surface area contributed by atoms with Gasteiger partial charge in [-0.2, -0.15) is 0 Å². The molecular weight excluding hydrogens is 240 g/mol. The van der Waals surface area contributed by atoms with Crippen molar-refractivity contribution in [3.05, 3.63) is 53.9 Å². The minimum Gasteiger partial charge on any atom is -0.508 e. The largest absolute Gasteiger partial charge is 0.508 e. The maximum atomic E-state index is 11.8. The average molecular weight is 256 g/mol. The van der Waals surface area contributed by atoms with Crippen LogP contribution in [0.3, 0.4) is 0 Å². The van der Waals surface area contributed by atoms with Crippen molar-refractivity contribution in [2.75, 3.05) is 5.32 Å². The highest BCUT2D eigenvalue weighted by molar-refractivity contribution is 5.91. The molecule has 0 atom stereocenters. The number of aromatic nitrogens is 1. The fraction of sp³-hybridized carbons (Fsp3) is 0.200. The summed E-state index contributed by atoms with van der Waals surface area (Å²) in [6.07, 6.45) is 4.55. The molecule has 2 aromatic rings. The number of hydrogen-bond acceptors (Lipinski definition) is 3. The first-order valence-corrected chi connectivity index (χ1v) is 6.13. The first-order valence-electron chi connectivity index (χ1n) is 6.13. The zero-order valence-electron chi connectivity index (χ0n) is 10.8. The Kier molecular flexibility index (Phi) is 4.13. The van der Waals surface area contributed by atoms with Crippen LogP contribution in [-0.2, 0) is 11.2 Å². The molecule has 0 aliphatic heterocycles. The lowest BCUT2D eigenvalue weighted by Crippen LogP contribution is -2.13. The molecule has 1 amide bonds. The first-order chi connectivity index (χ1) is 9.15. The molecule has 0 spiro atoms. The second-order valence-corrected chi connectivity index (χ2v) is 4.40. The first kappa shape index (κ1) is 13.1. The summed E-state index contributed by atoms with van der Waals surface area (Å²) < 4.78 is 0. The van der Waals surface area contributed by atoms with Crippen LogP contribution >= 0.6 is 0 Å². The fourth-order valence-corrected chi connectivity index (χ4v) is 1.81. The molecule has 0 radical (unpaired) electrons. The van der Waals surface area contributed by atoms with Crippen molar-refractivity contribution in [3.63, 3.8) is 0 Å². The monoisotopic (exact) mass is 256 g/mol. The predicted molar refractivity (Wildman–Crippen MR) is 74.0 cm³/mol. The smallest absolute Gasteiger partial charge is 0.224 e. The average Bonchev–Trinajstić information content (AvgIpc) is 2.41. The lowest BCUT2D eigenvalue weighted by atomic mass is 10.1. The van der Waals surface area contributed by atoms with Crippen molar-refractivity contribution in [1.29, 1.82) is 0 Å². The number of amides is 1. The van der Waals surface area contributed by atoms with E-state index in [-0.39, 0.29) is 11.7 Å². The van der Waals surface area contributed by atoms with Gasteiger partial charge >= 0.3 is 0 Å². The molecule has 0 saturated heterocycles. The lowest BCUT2D eigenvalue weighted by molar-refractivity contribution is -0.116. The Labute approximate surface area is 112 Å². The zero-order chi connectivity index (χ0) is 13.7. The third-order valence-electron chi connectivity index (χ3n) is 2.87. The molecule has 19 heavy (non-hydrogen) atoms. The Hall–Kier alpha value is -2.36. The van der Waals surface area contributed by atoms with E-state index < -0.39 is 0 Å². The Bertz CT molecular complexity index is 568. The van der Waals surface area contributed by atoms with Crippen LogP contribution in [0.4, 0.5) is 5.69 Å². The minimum atomic E-state index is -0.0365. The number of pyridine rings is 1. The van der Waals surface area contributed by atoms with Gasteiger partial charge in [0.05, 0.1) is 0 Å². The number of nitrogens with zero attached hydrogens (tertiary/aromatic N) is 1. The van der Waals surface area contributed by atoms with Crippen LogP contribution in [0.5, 0.6) is 5.75 Å². The van der Waals surface area contributed by atoms with Crippen molar-refractivity contribution < 1.29 is 9.90 Å². The highest BCUT2D eigenvalue weighted by atomic mass is 16.3. The summed E-state index contributed by atoms with van der Waals surface area (Å²) in [6, 6.07) is 8.69. The molecule has 2 N–H and O–H groups in total. The van der Waals surface area contributed by atoms with Gasteiger partial charge in [0.1, 0.15) is 5.75 Å². The Morgan fingerprint density at radius 2 is 2.00 bits per heavy atom. The number of nitrogens with one attached hydrogen (secondary N) is 1. The Balaban J connectivity index is 1.91. The summed E-state index contributed by atoms with van der Waals surface area (Å²) in [6.45, 7) is 1.85. The lowest BCUT2D eigenvalue weighted by Gasteiger charge is -2.08. The predicted octanol–water partition coefficient (Wildman–Crippen LogP) is 2.67. The number of anilines is 1.